The highest BCUT2D eigenvalue weighted by Gasteiger charge is 2.25. The minimum atomic E-state index is -0.111. The first kappa shape index (κ1) is 11.6. The monoisotopic (exact) mass is 238 g/mol. The lowest BCUT2D eigenvalue weighted by Gasteiger charge is -2.13. The molecule has 1 unspecified atom stereocenters. The fourth-order valence-corrected chi connectivity index (χ4v) is 2.33. The van der Waals surface area contributed by atoms with Crippen LogP contribution in [0.3, 0.4) is 0 Å². The summed E-state index contributed by atoms with van der Waals surface area (Å²) < 4.78 is 0. The van der Waals surface area contributed by atoms with Crippen molar-refractivity contribution in [2.24, 2.45) is 0 Å². The Balaban J connectivity index is 1.76. The lowest BCUT2D eigenvalue weighted by molar-refractivity contribution is -0.122. The average molecular weight is 238 g/mol. The van der Waals surface area contributed by atoms with Crippen LogP contribution in [0.25, 0.3) is 0 Å². The van der Waals surface area contributed by atoms with Crippen molar-refractivity contribution in [1.29, 1.82) is 0 Å². The Morgan fingerprint density at radius 2 is 2.31 bits per heavy atom. The number of hydrogen-bond donors (Lipinski definition) is 2. The zero-order chi connectivity index (χ0) is 11.5. The minimum Gasteiger partial charge on any atom is -0.352 e. The van der Waals surface area contributed by atoms with Crippen molar-refractivity contribution in [3.63, 3.8) is 0 Å². The third-order valence-electron chi connectivity index (χ3n) is 2.88. The van der Waals surface area contributed by atoms with Crippen molar-refractivity contribution < 1.29 is 4.79 Å². The van der Waals surface area contributed by atoms with Gasteiger partial charge in [0.2, 0.25) is 5.91 Å². The summed E-state index contributed by atoms with van der Waals surface area (Å²) in [5.74, 6) is 0.121. The second-order valence-corrected chi connectivity index (χ2v) is 5.21. The Bertz CT molecular complexity index is 371. The molecular weight excluding hydrogens is 220 g/mol. The van der Waals surface area contributed by atoms with Gasteiger partial charge >= 0.3 is 0 Å². The molecule has 0 radical (unpaired) electrons. The van der Waals surface area contributed by atoms with Crippen LogP contribution in [0.15, 0.2) is 10.8 Å². The van der Waals surface area contributed by atoms with Crippen LogP contribution in [0.2, 0.25) is 0 Å². The Morgan fingerprint density at radius 3 is 2.88 bits per heavy atom. The standard InChI is InChI=1S/C12H18N2OS/c1-8-6-16-7-10(8)5-13-9(2)12(15)14-11-3-4-11/h6-7,9,11,13H,3-5H2,1-2H3,(H,14,15). The summed E-state index contributed by atoms with van der Waals surface area (Å²) in [6, 6.07) is 0.333. The van der Waals surface area contributed by atoms with Crippen molar-refractivity contribution in [3.8, 4) is 0 Å². The van der Waals surface area contributed by atoms with Gasteiger partial charge in [-0.05, 0) is 48.6 Å². The van der Waals surface area contributed by atoms with Gasteiger partial charge in [-0.1, -0.05) is 0 Å². The van der Waals surface area contributed by atoms with Crippen LogP contribution in [0.1, 0.15) is 30.9 Å². The molecule has 1 aliphatic rings. The Kier molecular flexibility index (Phi) is 3.61. The van der Waals surface area contributed by atoms with E-state index in [1.165, 1.54) is 11.1 Å². The maximum atomic E-state index is 11.7. The molecule has 1 fully saturated rings. The minimum absolute atomic E-state index is 0.111. The highest BCUT2D eigenvalue weighted by atomic mass is 32.1. The number of carbonyl (C=O) groups excluding carboxylic acids is 1. The first-order valence-corrected chi connectivity index (χ1v) is 6.66. The van der Waals surface area contributed by atoms with E-state index >= 15 is 0 Å². The highest BCUT2D eigenvalue weighted by Crippen LogP contribution is 2.18. The van der Waals surface area contributed by atoms with E-state index in [0.29, 0.717) is 6.04 Å². The third kappa shape index (κ3) is 3.06. The fraction of sp³-hybridized carbons (Fsp3) is 0.583. The second-order valence-electron chi connectivity index (χ2n) is 4.47. The van der Waals surface area contributed by atoms with Gasteiger partial charge in [-0.2, -0.15) is 11.3 Å². The summed E-state index contributed by atoms with van der Waals surface area (Å²) in [5.41, 5.74) is 2.59. The molecule has 0 bridgehead atoms. The van der Waals surface area contributed by atoms with E-state index in [2.05, 4.69) is 28.3 Å². The van der Waals surface area contributed by atoms with E-state index < -0.39 is 0 Å². The summed E-state index contributed by atoms with van der Waals surface area (Å²) in [6.07, 6.45) is 2.28. The van der Waals surface area contributed by atoms with Crippen LogP contribution in [0, 0.1) is 6.92 Å². The number of thiophene rings is 1. The number of rotatable bonds is 5. The number of carbonyl (C=O) groups is 1. The van der Waals surface area contributed by atoms with E-state index in [1.807, 2.05) is 6.92 Å². The van der Waals surface area contributed by atoms with Gasteiger partial charge in [0.15, 0.2) is 0 Å². The largest absolute Gasteiger partial charge is 0.352 e. The Morgan fingerprint density at radius 1 is 1.56 bits per heavy atom. The number of hydrogen-bond acceptors (Lipinski definition) is 3. The molecule has 0 aromatic carbocycles. The maximum absolute atomic E-state index is 11.7. The van der Waals surface area contributed by atoms with Crippen LogP contribution in [0.5, 0.6) is 0 Å². The summed E-state index contributed by atoms with van der Waals surface area (Å²) in [6.45, 7) is 4.79. The van der Waals surface area contributed by atoms with Crippen molar-refractivity contribution >= 4 is 17.2 Å². The molecule has 1 heterocycles. The molecule has 0 aliphatic heterocycles. The molecule has 1 aromatic rings. The van der Waals surface area contributed by atoms with E-state index in [9.17, 15) is 4.79 Å². The van der Waals surface area contributed by atoms with Crippen molar-refractivity contribution in [1.82, 2.24) is 10.6 Å². The predicted molar refractivity (Wildman–Crippen MR) is 66.5 cm³/mol. The molecule has 1 atom stereocenters. The predicted octanol–water partition coefficient (Wildman–Crippen LogP) is 1.81. The SMILES string of the molecule is Cc1cscc1CNC(C)C(=O)NC1CC1. The van der Waals surface area contributed by atoms with Crippen LogP contribution >= 0.6 is 11.3 Å². The maximum Gasteiger partial charge on any atom is 0.237 e. The number of aryl methyl sites for hydroxylation is 1. The van der Waals surface area contributed by atoms with Crippen molar-refractivity contribution in [2.45, 2.75) is 45.3 Å². The molecule has 88 valence electrons. The number of amides is 1. The molecule has 2 N–H and O–H groups in total. The summed E-state index contributed by atoms with van der Waals surface area (Å²) in [7, 11) is 0. The zero-order valence-electron chi connectivity index (χ0n) is 9.75. The van der Waals surface area contributed by atoms with E-state index in [4.69, 9.17) is 0 Å². The van der Waals surface area contributed by atoms with Gasteiger partial charge in [-0.25, -0.2) is 0 Å². The highest BCUT2D eigenvalue weighted by molar-refractivity contribution is 7.08. The molecule has 1 aromatic heterocycles. The smallest absolute Gasteiger partial charge is 0.237 e. The van der Waals surface area contributed by atoms with Gasteiger partial charge in [-0.15, -0.1) is 0 Å². The molecule has 1 amide bonds. The van der Waals surface area contributed by atoms with E-state index in [-0.39, 0.29) is 11.9 Å². The van der Waals surface area contributed by atoms with Crippen LogP contribution in [-0.4, -0.2) is 18.0 Å². The molecule has 0 spiro atoms. The lowest BCUT2D eigenvalue weighted by atomic mass is 10.2. The first-order valence-electron chi connectivity index (χ1n) is 5.72. The van der Waals surface area contributed by atoms with Gasteiger partial charge in [0.05, 0.1) is 6.04 Å². The van der Waals surface area contributed by atoms with Gasteiger partial charge in [0, 0.05) is 12.6 Å². The van der Waals surface area contributed by atoms with Crippen LogP contribution in [0.4, 0.5) is 0 Å². The molecule has 0 saturated heterocycles. The Labute approximate surface area is 100 Å². The van der Waals surface area contributed by atoms with Gasteiger partial charge in [0.1, 0.15) is 0 Å². The van der Waals surface area contributed by atoms with E-state index in [1.54, 1.807) is 11.3 Å². The summed E-state index contributed by atoms with van der Waals surface area (Å²) >= 11 is 1.71. The van der Waals surface area contributed by atoms with Gasteiger partial charge in [0.25, 0.3) is 0 Å². The second kappa shape index (κ2) is 4.97. The first-order chi connectivity index (χ1) is 7.66. The Hall–Kier alpha value is -0.870. The van der Waals surface area contributed by atoms with Crippen molar-refractivity contribution in [3.05, 3.63) is 21.9 Å². The lowest BCUT2D eigenvalue weighted by Crippen LogP contribution is -2.42. The van der Waals surface area contributed by atoms with E-state index in [0.717, 1.165) is 19.4 Å². The summed E-state index contributed by atoms with van der Waals surface area (Å²) in [5, 5.41) is 10.5. The van der Waals surface area contributed by atoms with Gasteiger partial charge in [-0.3, -0.25) is 4.79 Å². The van der Waals surface area contributed by atoms with Gasteiger partial charge < -0.3 is 10.6 Å². The molecule has 1 saturated carbocycles. The number of nitrogens with one attached hydrogen (secondary N) is 2. The third-order valence-corrected chi connectivity index (χ3v) is 3.79. The molecule has 4 heteroatoms. The van der Waals surface area contributed by atoms with Crippen LogP contribution in [-0.2, 0) is 11.3 Å². The normalized spacial score (nSPS) is 17.1. The molecular formula is C12H18N2OS. The fourth-order valence-electron chi connectivity index (χ4n) is 1.48. The molecule has 3 nitrogen and oxygen atoms in total. The molecule has 1 aliphatic carbocycles. The molecule has 2 rings (SSSR count). The van der Waals surface area contributed by atoms with Crippen LogP contribution < -0.4 is 10.6 Å². The van der Waals surface area contributed by atoms with Crippen molar-refractivity contribution in [2.75, 3.05) is 0 Å². The quantitative estimate of drug-likeness (QED) is 0.821. The topological polar surface area (TPSA) is 41.1 Å². The summed E-state index contributed by atoms with van der Waals surface area (Å²) in [4.78, 5) is 11.7. The average Bonchev–Trinajstić information content (AvgIpc) is 2.97. The molecule has 16 heavy (non-hydrogen) atoms. The zero-order valence-corrected chi connectivity index (χ0v) is 10.6.